The van der Waals surface area contributed by atoms with E-state index in [-0.39, 0.29) is 6.10 Å². The third-order valence-electron chi connectivity index (χ3n) is 1.91. The Bertz CT molecular complexity index is 433. The molecule has 0 bridgehead atoms. The Morgan fingerprint density at radius 1 is 1.38 bits per heavy atom. The lowest BCUT2D eigenvalue weighted by molar-refractivity contribution is 0.203. The van der Waals surface area contributed by atoms with Crippen LogP contribution in [-0.2, 0) is 0 Å². The van der Waals surface area contributed by atoms with E-state index in [1.165, 1.54) is 10.1 Å². The highest BCUT2D eigenvalue weighted by Gasteiger charge is 2.06. The maximum Gasteiger partial charge on any atom is 0.0854 e. The highest BCUT2D eigenvalue weighted by Crippen LogP contribution is 2.31. The van der Waals surface area contributed by atoms with Crippen LogP contribution in [0, 0.1) is 0 Å². The van der Waals surface area contributed by atoms with E-state index in [1.807, 2.05) is 12.1 Å². The van der Waals surface area contributed by atoms with Crippen LogP contribution in [0.1, 0.15) is 17.9 Å². The molecule has 68 valence electrons. The van der Waals surface area contributed by atoms with Gasteiger partial charge in [0.1, 0.15) is 0 Å². The minimum absolute atomic E-state index is 0.365. The maximum atomic E-state index is 9.39. The molecule has 2 rings (SSSR count). The quantitative estimate of drug-likeness (QED) is 0.825. The molecule has 0 radical (unpaired) electrons. The molecule has 0 unspecified atom stereocenters. The lowest BCUT2D eigenvalue weighted by Crippen LogP contribution is -1.83. The number of halogens is 1. The van der Waals surface area contributed by atoms with Crippen LogP contribution < -0.4 is 0 Å². The van der Waals surface area contributed by atoms with Crippen molar-refractivity contribution in [3.05, 3.63) is 33.6 Å². The van der Waals surface area contributed by atoms with Crippen molar-refractivity contribution in [3.63, 3.8) is 0 Å². The predicted octanol–water partition coefficient (Wildman–Crippen LogP) is 3.72. The average molecular weight is 257 g/mol. The second-order valence-corrected chi connectivity index (χ2v) is 5.04. The molecule has 1 aromatic carbocycles. The number of rotatable bonds is 1. The SMILES string of the molecule is C[C@@H](O)c1cc2ccc(Br)cc2s1. The predicted molar refractivity (Wildman–Crippen MR) is 60.2 cm³/mol. The number of hydrogen-bond acceptors (Lipinski definition) is 2. The summed E-state index contributed by atoms with van der Waals surface area (Å²) in [7, 11) is 0. The number of hydrogen-bond donors (Lipinski definition) is 1. The molecule has 0 spiro atoms. The van der Waals surface area contributed by atoms with Crippen molar-refractivity contribution < 1.29 is 5.11 Å². The zero-order chi connectivity index (χ0) is 9.42. The smallest absolute Gasteiger partial charge is 0.0854 e. The largest absolute Gasteiger partial charge is 0.388 e. The lowest BCUT2D eigenvalue weighted by atomic mass is 10.2. The Hall–Kier alpha value is -0.380. The third kappa shape index (κ3) is 1.77. The monoisotopic (exact) mass is 256 g/mol. The summed E-state index contributed by atoms with van der Waals surface area (Å²) in [5.41, 5.74) is 0. The van der Waals surface area contributed by atoms with Crippen molar-refractivity contribution in [2.45, 2.75) is 13.0 Å². The van der Waals surface area contributed by atoms with Crippen LogP contribution in [0.2, 0.25) is 0 Å². The molecule has 1 heterocycles. The maximum absolute atomic E-state index is 9.39. The van der Waals surface area contributed by atoms with E-state index in [0.717, 1.165) is 9.35 Å². The van der Waals surface area contributed by atoms with Crippen LogP contribution in [0.15, 0.2) is 28.7 Å². The number of fused-ring (bicyclic) bond motifs is 1. The number of aliphatic hydroxyl groups is 1. The van der Waals surface area contributed by atoms with Crippen LogP contribution in [0.4, 0.5) is 0 Å². The fourth-order valence-electron chi connectivity index (χ4n) is 1.23. The van der Waals surface area contributed by atoms with E-state index in [2.05, 4.69) is 28.1 Å². The van der Waals surface area contributed by atoms with E-state index in [1.54, 1.807) is 18.3 Å². The van der Waals surface area contributed by atoms with Gasteiger partial charge < -0.3 is 5.11 Å². The average Bonchev–Trinajstić information content (AvgIpc) is 2.46. The number of thiophene rings is 1. The van der Waals surface area contributed by atoms with Crippen molar-refractivity contribution in [1.29, 1.82) is 0 Å². The second-order valence-electron chi connectivity index (χ2n) is 3.01. The Kier molecular flexibility index (Phi) is 2.41. The first kappa shape index (κ1) is 9.19. The molecule has 0 fully saturated rings. The first-order valence-corrected chi connectivity index (χ1v) is 5.65. The van der Waals surface area contributed by atoms with Gasteiger partial charge in [-0.25, -0.2) is 0 Å². The Morgan fingerprint density at radius 2 is 2.15 bits per heavy atom. The van der Waals surface area contributed by atoms with E-state index >= 15 is 0 Å². The van der Waals surface area contributed by atoms with Gasteiger partial charge in [-0.2, -0.15) is 0 Å². The van der Waals surface area contributed by atoms with Crippen LogP contribution >= 0.6 is 27.3 Å². The van der Waals surface area contributed by atoms with Gasteiger partial charge in [0.2, 0.25) is 0 Å². The van der Waals surface area contributed by atoms with Crippen molar-refractivity contribution in [1.82, 2.24) is 0 Å². The highest BCUT2D eigenvalue weighted by molar-refractivity contribution is 9.10. The normalized spacial score (nSPS) is 13.5. The summed E-state index contributed by atoms with van der Waals surface area (Å²) in [6.45, 7) is 1.79. The minimum atomic E-state index is -0.365. The van der Waals surface area contributed by atoms with Crippen LogP contribution in [0.25, 0.3) is 10.1 Å². The van der Waals surface area contributed by atoms with Crippen molar-refractivity contribution >= 4 is 37.4 Å². The summed E-state index contributed by atoms with van der Waals surface area (Å²) in [5, 5.41) is 10.6. The molecule has 0 saturated heterocycles. The van der Waals surface area contributed by atoms with E-state index < -0.39 is 0 Å². The van der Waals surface area contributed by atoms with Gasteiger partial charge >= 0.3 is 0 Å². The van der Waals surface area contributed by atoms with Crippen molar-refractivity contribution in [2.75, 3.05) is 0 Å². The van der Waals surface area contributed by atoms with Gasteiger partial charge in [-0.05, 0) is 30.5 Å². The van der Waals surface area contributed by atoms with Gasteiger partial charge in [-0.3, -0.25) is 0 Å². The molecule has 2 aromatic rings. The van der Waals surface area contributed by atoms with Crippen LogP contribution in [0.5, 0.6) is 0 Å². The van der Waals surface area contributed by atoms with Gasteiger partial charge in [0.05, 0.1) is 6.10 Å². The summed E-state index contributed by atoms with van der Waals surface area (Å²) in [4.78, 5) is 1.02. The third-order valence-corrected chi connectivity index (χ3v) is 3.67. The molecule has 3 heteroatoms. The molecule has 13 heavy (non-hydrogen) atoms. The Labute approximate surface area is 89.1 Å². The topological polar surface area (TPSA) is 20.2 Å². The van der Waals surface area contributed by atoms with E-state index in [4.69, 9.17) is 0 Å². The first-order valence-electron chi connectivity index (χ1n) is 4.04. The summed E-state index contributed by atoms with van der Waals surface area (Å²) in [5.74, 6) is 0. The zero-order valence-electron chi connectivity index (χ0n) is 7.12. The molecule has 1 N–H and O–H groups in total. The van der Waals surface area contributed by atoms with Gasteiger partial charge in [0, 0.05) is 14.0 Å². The molecule has 1 atom stereocenters. The Balaban J connectivity index is 2.62. The fraction of sp³-hybridized carbons (Fsp3) is 0.200. The first-order chi connectivity index (χ1) is 6.16. The molecule has 0 saturated carbocycles. The summed E-state index contributed by atoms with van der Waals surface area (Å²) in [6.07, 6.45) is -0.365. The van der Waals surface area contributed by atoms with E-state index in [0.29, 0.717) is 0 Å². The molecule has 1 aromatic heterocycles. The fourth-order valence-corrected chi connectivity index (χ4v) is 2.79. The van der Waals surface area contributed by atoms with Crippen molar-refractivity contribution in [2.24, 2.45) is 0 Å². The number of aliphatic hydroxyl groups excluding tert-OH is 1. The van der Waals surface area contributed by atoms with Crippen molar-refractivity contribution in [3.8, 4) is 0 Å². The van der Waals surface area contributed by atoms with Gasteiger partial charge in [-0.15, -0.1) is 11.3 Å². The summed E-state index contributed by atoms with van der Waals surface area (Å²) >= 11 is 5.06. The summed E-state index contributed by atoms with van der Waals surface area (Å²) in [6, 6.07) is 8.19. The molecule has 0 aliphatic carbocycles. The molecule has 0 aliphatic rings. The molecule has 0 aliphatic heterocycles. The molecular weight excluding hydrogens is 248 g/mol. The summed E-state index contributed by atoms with van der Waals surface area (Å²) < 4.78 is 2.30. The molecule has 0 amide bonds. The van der Waals surface area contributed by atoms with Crippen LogP contribution in [-0.4, -0.2) is 5.11 Å². The number of benzene rings is 1. The molecule has 1 nitrogen and oxygen atoms in total. The highest BCUT2D eigenvalue weighted by atomic mass is 79.9. The van der Waals surface area contributed by atoms with Crippen LogP contribution in [0.3, 0.4) is 0 Å². The molecular formula is C10H9BrOS. The zero-order valence-corrected chi connectivity index (χ0v) is 9.52. The lowest BCUT2D eigenvalue weighted by Gasteiger charge is -1.95. The standard InChI is InChI=1S/C10H9BrOS/c1-6(12)9-4-7-2-3-8(11)5-10(7)13-9/h2-6,12H,1H3/t6-/m1/s1. The van der Waals surface area contributed by atoms with Gasteiger partial charge in [0.25, 0.3) is 0 Å². The second kappa shape index (κ2) is 3.40. The van der Waals surface area contributed by atoms with E-state index in [9.17, 15) is 5.11 Å². The Morgan fingerprint density at radius 3 is 2.85 bits per heavy atom. The minimum Gasteiger partial charge on any atom is -0.388 e. The van der Waals surface area contributed by atoms with Gasteiger partial charge in [0.15, 0.2) is 0 Å². The van der Waals surface area contributed by atoms with Gasteiger partial charge in [-0.1, -0.05) is 22.0 Å².